The zero-order valence-electron chi connectivity index (χ0n) is 13.1. The minimum Gasteiger partial charge on any atom is -0.393 e. The topological polar surface area (TPSA) is 94.1 Å². The molecule has 0 bridgehead atoms. The van der Waals surface area contributed by atoms with Gasteiger partial charge in [0.15, 0.2) is 0 Å². The predicted octanol–water partition coefficient (Wildman–Crippen LogP) is 2.24. The highest BCUT2D eigenvalue weighted by Crippen LogP contribution is 2.26. The fourth-order valence-corrected chi connectivity index (χ4v) is 3.02. The van der Waals surface area contributed by atoms with Gasteiger partial charge in [-0.3, -0.25) is 10.1 Å². The normalized spacial score (nSPS) is 18.9. The molecule has 7 nitrogen and oxygen atoms in total. The van der Waals surface area contributed by atoms with E-state index < -0.39 is 6.10 Å². The zero-order chi connectivity index (χ0) is 16.2. The van der Waals surface area contributed by atoms with Crippen LogP contribution in [0.2, 0.25) is 0 Å². The van der Waals surface area contributed by atoms with E-state index in [9.17, 15) is 9.90 Å². The number of aliphatic hydroxyl groups is 1. The van der Waals surface area contributed by atoms with Gasteiger partial charge in [0.25, 0.3) is 0 Å². The molecule has 1 aliphatic heterocycles. The van der Waals surface area contributed by atoms with Crippen LogP contribution in [0, 0.1) is 0 Å². The number of rotatable bonds is 4. The minimum atomic E-state index is -0.411. The van der Waals surface area contributed by atoms with Gasteiger partial charge in [-0.2, -0.15) is 5.10 Å². The summed E-state index contributed by atoms with van der Waals surface area (Å²) in [6, 6.07) is 5.50. The number of nitrogens with one attached hydrogen (secondary N) is 2. The number of aromatic nitrogens is 3. The van der Waals surface area contributed by atoms with Crippen molar-refractivity contribution >= 4 is 11.7 Å². The first-order valence-corrected chi connectivity index (χ1v) is 7.85. The summed E-state index contributed by atoms with van der Waals surface area (Å²) in [5.74, 6) is 0. The molecule has 3 N–H and O–H groups in total. The maximum absolute atomic E-state index is 12.6. The molecule has 0 saturated carbocycles. The van der Waals surface area contributed by atoms with Gasteiger partial charge >= 0.3 is 6.03 Å². The molecule has 2 aromatic rings. The number of carbonyl (C=O) groups excluding carboxylic acids is 1. The van der Waals surface area contributed by atoms with E-state index in [0.717, 1.165) is 18.5 Å². The van der Waals surface area contributed by atoms with E-state index in [1.54, 1.807) is 24.2 Å². The summed E-state index contributed by atoms with van der Waals surface area (Å²) in [6.45, 7) is 2.46. The van der Waals surface area contributed by atoms with Gasteiger partial charge in [-0.25, -0.2) is 4.79 Å². The van der Waals surface area contributed by atoms with Crippen molar-refractivity contribution in [2.24, 2.45) is 0 Å². The van der Waals surface area contributed by atoms with Crippen LogP contribution in [-0.2, 0) is 0 Å². The fraction of sp³-hybridized carbons (Fsp3) is 0.438. The molecule has 2 amide bonds. The molecule has 0 spiro atoms. The third-order valence-electron chi connectivity index (χ3n) is 4.05. The number of likely N-dealkylation sites (tertiary alicyclic amines) is 1. The summed E-state index contributed by atoms with van der Waals surface area (Å²) in [4.78, 5) is 18.6. The fourth-order valence-electron chi connectivity index (χ4n) is 3.02. The molecule has 3 heterocycles. The monoisotopic (exact) mass is 315 g/mol. The molecule has 0 radical (unpaired) electrons. The first-order chi connectivity index (χ1) is 11.1. The third-order valence-corrected chi connectivity index (χ3v) is 4.05. The molecule has 23 heavy (non-hydrogen) atoms. The maximum atomic E-state index is 12.6. The van der Waals surface area contributed by atoms with Crippen LogP contribution in [0.15, 0.2) is 30.6 Å². The molecule has 0 aromatic carbocycles. The number of anilines is 1. The van der Waals surface area contributed by atoms with Crippen LogP contribution >= 0.6 is 0 Å². The second-order valence-electron chi connectivity index (χ2n) is 5.88. The van der Waals surface area contributed by atoms with Gasteiger partial charge in [0.2, 0.25) is 0 Å². The Morgan fingerprint density at radius 1 is 1.57 bits per heavy atom. The molecular formula is C16H21N5O2. The van der Waals surface area contributed by atoms with E-state index in [1.165, 1.54) is 0 Å². The lowest BCUT2D eigenvalue weighted by molar-refractivity contribution is 0.142. The van der Waals surface area contributed by atoms with Crippen molar-refractivity contribution in [3.8, 4) is 11.4 Å². The van der Waals surface area contributed by atoms with Crippen molar-refractivity contribution < 1.29 is 9.90 Å². The number of H-pyrrole nitrogens is 1. The number of carbonyl (C=O) groups is 1. The molecule has 1 saturated heterocycles. The number of amides is 2. The van der Waals surface area contributed by atoms with Gasteiger partial charge in [0.1, 0.15) is 5.69 Å². The predicted molar refractivity (Wildman–Crippen MR) is 86.9 cm³/mol. The van der Waals surface area contributed by atoms with Gasteiger partial charge in [0.05, 0.1) is 23.7 Å². The molecular weight excluding hydrogens is 294 g/mol. The molecule has 1 fully saturated rings. The van der Waals surface area contributed by atoms with Crippen molar-refractivity contribution in [1.82, 2.24) is 20.1 Å². The van der Waals surface area contributed by atoms with Gasteiger partial charge in [-0.05, 0) is 38.3 Å². The minimum absolute atomic E-state index is 0.0835. The lowest BCUT2D eigenvalue weighted by Gasteiger charge is -2.25. The quantitative estimate of drug-likeness (QED) is 0.806. The smallest absolute Gasteiger partial charge is 0.322 e. The Hall–Kier alpha value is -2.41. The summed E-state index contributed by atoms with van der Waals surface area (Å²) >= 11 is 0. The molecule has 0 aliphatic carbocycles. The van der Waals surface area contributed by atoms with Crippen LogP contribution in [0.5, 0.6) is 0 Å². The Morgan fingerprint density at radius 2 is 2.43 bits per heavy atom. The molecule has 2 aromatic heterocycles. The Bertz CT molecular complexity index is 656. The van der Waals surface area contributed by atoms with E-state index in [0.29, 0.717) is 24.3 Å². The van der Waals surface area contributed by atoms with Crippen molar-refractivity contribution in [2.75, 3.05) is 11.9 Å². The summed E-state index contributed by atoms with van der Waals surface area (Å²) < 4.78 is 0. The third kappa shape index (κ3) is 3.50. The number of urea groups is 1. The van der Waals surface area contributed by atoms with Gasteiger partial charge in [-0.15, -0.1) is 0 Å². The van der Waals surface area contributed by atoms with Crippen molar-refractivity contribution in [1.29, 1.82) is 0 Å². The van der Waals surface area contributed by atoms with Crippen molar-refractivity contribution in [3.05, 3.63) is 30.6 Å². The molecule has 1 aliphatic rings. The number of nitrogens with zero attached hydrogens (tertiary/aromatic N) is 3. The number of hydrogen-bond acceptors (Lipinski definition) is 4. The van der Waals surface area contributed by atoms with E-state index in [2.05, 4.69) is 20.5 Å². The molecule has 122 valence electrons. The highest BCUT2D eigenvalue weighted by molar-refractivity contribution is 5.93. The van der Waals surface area contributed by atoms with E-state index in [1.807, 2.05) is 18.2 Å². The second kappa shape index (κ2) is 6.78. The van der Waals surface area contributed by atoms with Crippen LogP contribution < -0.4 is 5.32 Å². The average molecular weight is 315 g/mol. The van der Waals surface area contributed by atoms with Crippen LogP contribution in [0.4, 0.5) is 10.5 Å². The Morgan fingerprint density at radius 3 is 3.17 bits per heavy atom. The Balaban J connectivity index is 1.73. The molecule has 2 atom stereocenters. The van der Waals surface area contributed by atoms with Crippen LogP contribution in [0.3, 0.4) is 0 Å². The lowest BCUT2D eigenvalue weighted by atomic mass is 10.1. The van der Waals surface area contributed by atoms with Crippen molar-refractivity contribution in [2.45, 2.75) is 38.3 Å². The van der Waals surface area contributed by atoms with E-state index >= 15 is 0 Å². The van der Waals surface area contributed by atoms with Crippen LogP contribution in [-0.4, -0.2) is 49.9 Å². The molecule has 2 unspecified atom stereocenters. The average Bonchev–Trinajstić information content (AvgIpc) is 3.17. The summed E-state index contributed by atoms with van der Waals surface area (Å²) in [5.41, 5.74) is 2.02. The summed E-state index contributed by atoms with van der Waals surface area (Å²) in [7, 11) is 0. The maximum Gasteiger partial charge on any atom is 0.322 e. The summed E-state index contributed by atoms with van der Waals surface area (Å²) in [6.07, 6.45) is 5.36. The Kier molecular flexibility index (Phi) is 4.57. The highest BCUT2D eigenvalue weighted by atomic mass is 16.3. The number of aliphatic hydroxyl groups excluding tert-OH is 1. The second-order valence-corrected chi connectivity index (χ2v) is 5.88. The van der Waals surface area contributed by atoms with E-state index in [-0.39, 0.29) is 12.1 Å². The molecule has 7 heteroatoms. The van der Waals surface area contributed by atoms with E-state index in [4.69, 9.17) is 0 Å². The standard InChI is InChI=1S/C16H21N5O2/c1-11(22)9-12-5-4-8-21(12)16(23)19-14-10-18-20-15(14)13-6-2-3-7-17-13/h2-3,6-7,10-12,22H,4-5,8-9H2,1H3,(H,18,20)(H,19,23). The van der Waals surface area contributed by atoms with Gasteiger partial charge in [-0.1, -0.05) is 6.07 Å². The van der Waals surface area contributed by atoms with Crippen LogP contribution in [0.25, 0.3) is 11.4 Å². The first-order valence-electron chi connectivity index (χ1n) is 7.85. The van der Waals surface area contributed by atoms with Gasteiger partial charge < -0.3 is 15.3 Å². The Labute approximate surface area is 134 Å². The number of aromatic amines is 1. The van der Waals surface area contributed by atoms with Crippen molar-refractivity contribution in [3.63, 3.8) is 0 Å². The number of pyridine rings is 1. The largest absolute Gasteiger partial charge is 0.393 e. The SMILES string of the molecule is CC(O)CC1CCCN1C(=O)Nc1cn[nH]c1-c1ccccn1. The first kappa shape index (κ1) is 15.5. The summed E-state index contributed by atoms with van der Waals surface area (Å²) in [5, 5.41) is 19.4. The van der Waals surface area contributed by atoms with Gasteiger partial charge in [0, 0.05) is 18.8 Å². The van der Waals surface area contributed by atoms with Crippen LogP contribution in [0.1, 0.15) is 26.2 Å². The highest BCUT2D eigenvalue weighted by Gasteiger charge is 2.30. The zero-order valence-corrected chi connectivity index (χ0v) is 13.1. The molecule has 3 rings (SSSR count). The number of hydrogen-bond donors (Lipinski definition) is 3. The lowest BCUT2D eigenvalue weighted by Crippen LogP contribution is -2.40.